The Balaban J connectivity index is 2.30. The van der Waals surface area contributed by atoms with Crippen LogP contribution in [-0.4, -0.2) is 27.7 Å². The third-order valence-electron chi connectivity index (χ3n) is 2.82. The van der Waals surface area contributed by atoms with Gasteiger partial charge in [-0.1, -0.05) is 6.92 Å². The number of aromatic nitrogens is 3. The average Bonchev–Trinajstić information content (AvgIpc) is 2.78. The first-order valence-electron chi connectivity index (χ1n) is 6.22. The van der Waals surface area contributed by atoms with Crippen LogP contribution in [0.3, 0.4) is 0 Å². The number of hydrogen-bond donors (Lipinski definition) is 2. The topological polar surface area (TPSA) is 71.8 Å². The third kappa shape index (κ3) is 2.76. The first kappa shape index (κ1) is 14.0. The molecule has 0 spiro atoms. The lowest BCUT2D eigenvalue weighted by Crippen LogP contribution is -2.15. The fourth-order valence-corrected chi connectivity index (χ4v) is 1.90. The van der Waals surface area contributed by atoms with E-state index in [0.29, 0.717) is 17.9 Å². The maximum atomic E-state index is 13.2. The maximum Gasteiger partial charge on any atom is 0.259 e. The van der Waals surface area contributed by atoms with E-state index < -0.39 is 11.7 Å². The van der Waals surface area contributed by atoms with Crippen LogP contribution >= 0.6 is 0 Å². The van der Waals surface area contributed by atoms with Crippen molar-refractivity contribution in [3.05, 3.63) is 35.5 Å². The molecular formula is C13H16FN5O. The van der Waals surface area contributed by atoms with E-state index in [1.165, 1.54) is 0 Å². The Kier molecular flexibility index (Phi) is 3.97. The smallest absolute Gasteiger partial charge is 0.259 e. The lowest BCUT2D eigenvalue weighted by atomic mass is 10.2. The van der Waals surface area contributed by atoms with Gasteiger partial charge in [0, 0.05) is 20.3 Å². The Morgan fingerprint density at radius 1 is 1.50 bits per heavy atom. The number of hydrogen-bond acceptors (Lipinski definition) is 4. The van der Waals surface area contributed by atoms with Crippen molar-refractivity contribution in [1.29, 1.82) is 0 Å². The molecule has 0 unspecified atom stereocenters. The van der Waals surface area contributed by atoms with Crippen LogP contribution in [0.5, 0.6) is 0 Å². The molecule has 6 nitrogen and oxygen atoms in total. The number of pyridine rings is 1. The fourth-order valence-electron chi connectivity index (χ4n) is 1.90. The summed E-state index contributed by atoms with van der Waals surface area (Å²) in [5.41, 5.74) is 1.54. The van der Waals surface area contributed by atoms with Gasteiger partial charge >= 0.3 is 0 Å². The van der Waals surface area contributed by atoms with Crippen LogP contribution in [0.2, 0.25) is 0 Å². The van der Waals surface area contributed by atoms with Gasteiger partial charge in [-0.3, -0.25) is 9.48 Å². The zero-order chi connectivity index (χ0) is 14.7. The van der Waals surface area contributed by atoms with Crippen molar-refractivity contribution in [2.24, 2.45) is 7.05 Å². The molecule has 0 fully saturated rings. The summed E-state index contributed by atoms with van der Waals surface area (Å²) in [6.45, 7) is 1.95. The Bertz CT molecular complexity index is 638. The molecular weight excluding hydrogens is 261 g/mol. The molecule has 2 rings (SSSR count). The predicted octanol–water partition coefficient (Wildman–Crippen LogP) is 1.81. The number of amides is 1. The van der Waals surface area contributed by atoms with Crippen LogP contribution in [0, 0.1) is 5.82 Å². The Labute approximate surface area is 116 Å². The molecule has 0 bridgehead atoms. The van der Waals surface area contributed by atoms with Gasteiger partial charge in [0.25, 0.3) is 5.91 Å². The second-order valence-electron chi connectivity index (χ2n) is 4.27. The second-order valence-corrected chi connectivity index (χ2v) is 4.27. The van der Waals surface area contributed by atoms with E-state index in [0.717, 1.165) is 18.0 Å². The monoisotopic (exact) mass is 277 g/mol. The van der Waals surface area contributed by atoms with E-state index in [4.69, 9.17) is 0 Å². The highest BCUT2D eigenvalue weighted by Gasteiger charge is 2.16. The first-order chi connectivity index (χ1) is 9.55. The van der Waals surface area contributed by atoms with Crippen LogP contribution in [0.4, 0.5) is 15.9 Å². The highest BCUT2D eigenvalue weighted by atomic mass is 19.1. The normalized spacial score (nSPS) is 10.4. The summed E-state index contributed by atoms with van der Waals surface area (Å²) in [7, 11) is 3.40. The number of aryl methyl sites for hydroxylation is 2. The van der Waals surface area contributed by atoms with Gasteiger partial charge in [-0.25, -0.2) is 9.37 Å². The highest BCUT2D eigenvalue weighted by molar-refractivity contribution is 6.07. The zero-order valence-electron chi connectivity index (χ0n) is 11.6. The summed E-state index contributed by atoms with van der Waals surface area (Å²) < 4.78 is 14.9. The van der Waals surface area contributed by atoms with Gasteiger partial charge in [-0.2, -0.15) is 5.10 Å². The minimum Gasteiger partial charge on any atom is -0.372 e. The average molecular weight is 277 g/mol. The molecule has 106 valence electrons. The predicted molar refractivity (Wildman–Crippen MR) is 74.3 cm³/mol. The molecule has 2 aromatic heterocycles. The van der Waals surface area contributed by atoms with Gasteiger partial charge in [0.15, 0.2) is 0 Å². The van der Waals surface area contributed by atoms with Crippen molar-refractivity contribution in [3.8, 4) is 0 Å². The molecule has 0 aliphatic rings. The van der Waals surface area contributed by atoms with Crippen LogP contribution in [0.15, 0.2) is 18.5 Å². The standard InChI is InChI=1S/C13H16FN5O/c1-4-10-11(7-19(3)18-10)17-13(20)9-5-8(14)6-16-12(9)15-2/h5-7H,4H2,1-3H3,(H,15,16)(H,17,20). The molecule has 1 amide bonds. The van der Waals surface area contributed by atoms with E-state index in [1.54, 1.807) is 25.0 Å². The summed E-state index contributed by atoms with van der Waals surface area (Å²) in [5, 5.41) is 9.73. The molecule has 0 aliphatic heterocycles. The number of rotatable bonds is 4. The Morgan fingerprint density at radius 3 is 2.90 bits per heavy atom. The van der Waals surface area contributed by atoms with Gasteiger partial charge in [0.2, 0.25) is 0 Å². The Hall–Kier alpha value is -2.44. The van der Waals surface area contributed by atoms with Crippen LogP contribution in [0.25, 0.3) is 0 Å². The molecule has 7 heteroatoms. The van der Waals surface area contributed by atoms with Gasteiger partial charge in [0.05, 0.1) is 23.1 Å². The SMILES string of the molecule is CCc1nn(C)cc1NC(=O)c1cc(F)cnc1NC. The minimum atomic E-state index is -0.559. The van der Waals surface area contributed by atoms with Crippen LogP contribution in [0.1, 0.15) is 23.0 Å². The molecule has 2 aromatic rings. The van der Waals surface area contributed by atoms with Crippen LogP contribution < -0.4 is 10.6 Å². The van der Waals surface area contributed by atoms with Gasteiger partial charge in [-0.15, -0.1) is 0 Å². The van der Waals surface area contributed by atoms with Crippen molar-refractivity contribution in [2.75, 3.05) is 17.7 Å². The first-order valence-corrected chi connectivity index (χ1v) is 6.22. The quantitative estimate of drug-likeness (QED) is 0.894. The molecule has 0 radical (unpaired) electrons. The lowest BCUT2D eigenvalue weighted by molar-refractivity contribution is 0.102. The number of carbonyl (C=O) groups is 1. The fraction of sp³-hybridized carbons (Fsp3) is 0.308. The largest absolute Gasteiger partial charge is 0.372 e. The number of nitrogens with one attached hydrogen (secondary N) is 2. The van der Waals surface area contributed by atoms with Crippen molar-refractivity contribution in [3.63, 3.8) is 0 Å². The molecule has 20 heavy (non-hydrogen) atoms. The summed E-state index contributed by atoms with van der Waals surface area (Å²) in [4.78, 5) is 16.1. The van der Waals surface area contributed by atoms with E-state index in [1.807, 2.05) is 6.92 Å². The highest BCUT2D eigenvalue weighted by Crippen LogP contribution is 2.18. The van der Waals surface area contributed by atoms with E-state index in [-0.39, 0.29) is 5.56 Å². The summed E-state index contributed by atoms with van der Waals surface area (Å²) >= 11 is 0. The maximum absolute atomic E-state index is 13.2. The van der Waals surface area contributed by atoms with Gasteiger partial charge in [0.1, 0.15) is 11.6 Å². The lowest BCUT2D eigenvalue weighted by Gasteiger charge is -2.08. The molecule has 0 saturated carbocycles. The molecule has 0 aromatic carbocycles. The minimum absolute atomic E-state index is 0.151. The van der Waals surface area contributed by atoms with E-state index >= 15 is 0 Å². The molecule has 0 aliphatic carbocycles. The summed E-state index contributed by atoms with van der Waals surface area (Å²) in [5.74, 6) is -0.661. The molecule has 2 heterocycles. The van der Waals surface area contributed by atoms with Crippen molar-refractivity contribution >= 4 is 17.4 Å². The van der Waals surface area contributed by atoms with E-state index in [9.17, 15) is 9.18 Å². The molecule has 0 saturated heterocycles. The number of carbonyl (C=O) groups excluding carboxylic acids is 1. The van der Waals surface area contributed by atoms with Crippen molar-refractivity contribution < 1.29 is 9.18 Å². The van der Waals surface area contributed by atoms with E-state index in [2.05, 4.69) is 20.7 Å². The summed E-state index contributed by atoms with van der Waals surface area (Å²) in [6.07, 6.45) is 3.46. The Morgan fingerprint density at radius 2 is 2.25 bits per heavy atom. The molecule has 2 N–H and O–H groups in total. The third-order valence-corrected chi connectivity index (χ3v) is 2.82. The second kappa shape index (κ2) is 5.68. The summed E-state index contributed by atoms with van der Waals surface area (Å²) in [6, 6.07) is 1.15. The zero-order valence-corrected chi connectivity index (χ0v) is 11.6. The van der Waals surface area contributed by atoms with Gasteiger partial charge < -0.3 is 10.6 Å². The molecule has 0 atom stereocenters. The van der Waals surface area contributed by atoms with Gasteiger partial charge in [-0.05, 0) is 12.5 Å². The van der Waals surface area contributed by atoms with Crippen LogP contribution in [-0.2, 0) is 13.5 Å². The number of anilines is 2. The van der Waals surface area contributed by atoms with Crippen molar-refractivity contribution in [1.82, 2.24) is 14.8 Å². The number of nitrogens with zero attached hydrogens (tertiary/aromatic N) is 3. The van der Waals surface area contributed by atoms with Crippen molar-refractivity contribution in [2.45, 2.75) is 13.3 Å². The number of halogens is 1.